The molecule has 0 aliphatic carbocycles. The first-order valence-electron chi connectivity index (χ1n) is 7.74. The van der Waals surface area contributed by atoms with Crippen LogP contribution in [0.4, 0.5) is 5.82 Å². The molecular weight excluding hydrogens is 300 g/mol. The predicted octanol–water partition coefficient (Wildman–Crippen LogP) is 2.14. The summed E-state index contributed by atoms with van der Waals surface area (Å²) < 4.78 is 1.63. The molecule has 0 fully saturated rings. The minimum Gasteiger partial charge on any atom is -0.355 e. The quantitative estimate of drug-likeness (QED) is 0.806. The molecule has 0 unspecified atom stereocenters. The number of amides is 2. The molecule has 0 bridgehead atoms. The number of hydrogen-bond donors (Lipinski definition) is 2. The number of thioether (sulfide) groups is 1. The minimum atomic E-state index is -0.0740. The molecule has 0 spiro atoms. The largest absolute Gasteiger partial charge is 0.355 e. The highest BCUT2D eigenvalue weighted by molar-refractivity contribution is 7.98. The lowest BCUT2D eigenvalue weighted by Gasteiger charge is -2.12. The van der Waals surface area contributed by atoms with Crippen LogP contribution in [-0.4, -0.2) is 28.1 Å². The first kappa shape index (κ1) is 16.9. The fourth-order valence-corrected chi connectivity index (χ4v) is 3.37. The molecule has 1 aromatic heterocycles. The molecule has 1 aliphatic heterocycles. The van der Waals surface area contributed by atoms with Crippen molar-refractivity contribution in [2.75, 3.05) is 11.9 Å². The topological polar surface area (TPSA) is 76.0 Å². The number of rotatable bonds is 7. The summed E-state index contributed by atoms with van der Waals surface area (Å²) >= 11 is 1.78. The van der Waals surface area contributed by atoms with E-state index in [0.29, 0.717) is 24.7 Å². The summed E-state index contributed by atoms with van der Waals surface area (Å²) in [6.07, 6.45) is 1.37. The van der Waals surface area contributed by atoms with Crippen LogP contribution in [0.2, 0.25) is 0 Å². The van der Waals surface area contributed by atoms with Crippen molar-refractivity contribution in [3.8, 4) is 0 Å². The van der Waals surface area contributed by atoms with E-state index in [9.17, 15) is 9.59 Å². The van der Waals surface area contributed by atoms with Gasteiger partial charge in [-0.15, -0.1) is 0 Å². The van der Waals surface area contributed by atoms with Gasteiger partial charge in [0.15, 0.2) is 0 Å². The highest BCUT2D eigenvalue weighted by Crippen LogP contribution is 2.34. The summed E-state index contributed by atoms with van der Waals surface area (Å²) in [6, 6.07) is 0. The van der Waals surface area contributed by atoms with Crippen molar-refractivity contribution in [2.45, 2.75) is 51.7 Å². The second-order valence-corrected chi connectivity index (χ2v) is 6.91. The van der Waals surface area contributed by atoms with Crippen LogP contribution < -0.4 is 10.6 Å². The lowest BCUT2D eigenvalue weighted by molar-refractivity contribution is -0.122. The van der Waals surface area contributed by atoms with Gasteiger partial charge in [0.2, 0.25) is 11.8 Å². The van der Waals surface area contributed by atoms with E-state index in [1.165, 1.54) is 0 Å². The molecule has 0 aromatic carbocycles. The van der Waals surface area contributed by atoms with Crippen molar-refractivity contribution in [1.82, 2.24) is 15.1 Å². The van der Waals surface area contributed by atoms with Crippen LogP contribution in [0.1, 0.15) is 44.9 Å². The van der Waals surface area contributed by atoms with Gasteiger partial charge in [0, 0.05) is 30.0 Å². The van der Waals surface area contributed by atoms with E-state index in [-0.39, 0.29) is 18.4 Å². The van der Waals surface area contributed by atoms with E-state index in [1.807, 2.05) is 20.8 Å². The number of aromatic nitrogens is 2. The minimum absolute atomic E-state index is 0.0233. The fourth-order valence-electron chi connectivity index (χ4n) is 2.33. The van der Waals surface area contributed by atoms with Crippen molar-refractivity contribution in [2.24, 2.45) is 5.92 Å². The number of carbonyl (C=O) groups is 2. The third kappa shape index (κ3) is 4.25. The van der Waals surface area contributed by atoms with Gasteiger partial charge in [-0.1, -0.05) is 20.8 Å². The molecule has 122 valence electrons. The second kappa shape index (κ2) is 7.67. The number of anilines is 1. The number of hydrogen-bond acceptors (Lipinski definition) is 4. The van der Waals surface area contributed by atoms with Crippen LogP contribution in [0, 0.1) is 5.92 Å². The molecule has 6 nitrogen and oxygen atoms in total. The Morgan fingerprint density at radius 3 is 2.77 bits per heavy atom. The van der Waals surface area contributed by atoms with Gasteiger partial charge in [-0.3, -0.25) is 9.59 Å². The van der Waals surface area contributed by atoms with Gasteiger partial charge >= 0.3 is 0 Å². The van der Waals surface area contributed by atoms with E-state index in [1.54, 1.807) is 16.4 Å². The maximum Gasteiger partial charge on any atom is 0.241 e. The summed E-state index contributed by atoms with van der Waals surface area (Å²) in [7, 11) is 0. The van der Waals surface area contributed by atoms with Gasteiger partial charge in [0.25, 0.3) is 0 Å². The Hall–Kier alpha value is -1.50. The molecule has 7 heteroatoms. The summed E-state index contributed by atoms with van der Waals surface area (Å²) in [6.45, 7) is 6.84. The average Bonchev–Trinajstić information content (AvgIpc) is 2.99. The van der Waals surface area contributed by atoms with Crippen molar-refractivity contribution < 1.29 is 9.59 Å². The zero-order chi connectivity index (χ0) is 16.1. The van der Waals surface area contributed by atoms with Gasteiger partial charge in [0.1, 0.15) is 12.4 Å². The number of nitrogens with zero attached hydrogens (tertiary/aromatic N) is 2. The van der Waals surface area contributed by atoms with E-state index >= 15 is 0 Å². The molecule has 2 heterocycles. The van der Waals surface area contributed by atoms with Gasteiger partial charge in [-0.05, 0) is 12.3 Å². The molecule has 0 radical (unpaired) electrons. The molecule has 0 saturated carbocycles. The predicted molar refractivity (Wildman–Crippen MR) is 88.6 cm³/mol. The van der Waals surface area contributed by atoms with Crippen LogP contribution >= 0.6 is 11.8 Å². The maximum absolute atomic E-state index is 12.1. The van der Waals surface area contributed by atoms with Crippen LogP contribution in [0.5, 0.6) is 0 Å². The molecule has 2 amide bonds. The van der Waals surface area contributed by atoms with Gasteiger partial charge in [0.05, 0.1) is 5.69 Å². The van der Waals surface area contributed by atoms with Crippen LogP contribution in [0.15, 0.2) is 0 Å². The third-order valence-corrected chi connectivity index (χ3v) is 4.31. The molecule has 1 aliphatic rings. The van der Waals surface area contributed by atoms with Gasteiger partial charge < -0.3 is 10.6 Å². The first-order chi connectivity index (χ1) is 10.5. The van der Waals surface area contributed by atoms with Crippen LogP contribution in [-0.2, 0) is 27.6 Å². The molecule has 0 saturated heterocycles. The maximum atomic E-state index is 12.1. The fraction of sp³-hybridized carbons (Fsp3) is 0.667. The Kier molecular flexibility index (Phi) is 5.88. The monoisotopic (exact) mass is 324 g/mol. The summed E-state index contributed by atoms with van der Waals surface area (Å²) in [4.78, 5) is 24.0. The summed E-state index contributed by atoms with van der Waals surface area (Å²) in [5.74, 6) is 2.57. The average molecular weight is 324 g/mol. The molecule has 2 rings (SSSR count). The number of fused-ring (bicyclic) bond motifs is 1. The molecule has 22 heavy (non-hydrogen) atoms. The van der Waals surface area contributed by atoms with Gasteiger partial charge in [-0.2, -0.15) is 16.9 Å². The standard InChI is InChI=1S/C15H24N4O2S/c1-4-5-16-14(21)7-19-15(17-13(20)6-10(2)3)11-8-22-9-12(11)18-19/h10H,4-9H2,1-3H3,(H,16,21)(H,17,20). The van der Waals surface area contributed by atoms with E-state index in [0.717, 1.165) is 29.2 Å². The number of nitrogens with one attached hydrogen (secondary N) is 2. The lowest BCUT2D eigenvalue weighted by Crippen LogP contribution is -2.29. The summed E-state index contributed by atoms with van der Waals surface area (Å²) in [5.41, 5.74) is 2.04. The normalized spacial score (nSPS) is 13.3. The van der Waals surface area contributed by atoms with Crippen molar-refractivity contribution in [3.05, 3.63) is 11.3 Å². The summed E-state index contributed by atoms with van der Waals surface area (Å²) in [5, 5.41) is 10.3. The van der Waals surface area contributed by atoms with Crippen LogP contribution in [0.3, 0.4) is 0 Å². The number of carbonyl (C=O) groups excluding carboxylic acids is 2. The van der Waals surface area contributed by atoms with E-state index < -0.39 is 0 Å². The Bertz CT molecular complexity index is 554. The van der Waals surface area contributed by atoms with Gasteiger partial charge in [-0.25, -0.2) is 4.68 Å². The zero-order valence-electron chi connectivity index (χ0n) is 13.4. The van der Waals surface area contributed by atoms with Crippen molar-refractivity contribution in [3.63, 3.8) is 0 Å². The molecule has 2 N–H and O–H groups in total. The Labute approximate surface area is 135 Å². The molecule has 0 atom stereocenters. The SMILES string of the molecule is CCCNC(=O)Cn1nc2c(c1NC(=O)CC(C)C)CSC2. The third-order valence-electron chi connectivity index (χ3n) is 3.34. The zero-order valence-corrected chi connectivity index (χ0v) is 14.3. The smallest absolute Gasteiger partial charge is 0.241 e. The highest BCUT2D eigenvalue weighted by Gasteiger charge is 2.24. The highest BCUT2D eigenvalue weighted by atomic mass is 32.2. The van der Waals surface area contributed by atoms with E-state index in [4.69, 9.17) is 0 Å². The Balaban J connectivity index is 2.12. The molecule has 1 aromatic rings. The molecular formula is C15H24N4O2S. The Morgan fingerprint density at radius 1 is 1.32 bits per heavy atom. The van der Waals surface area contributed by atoms with Crippen LogP contribution in [0.25, 0.3) is 0 Å². The van der Waals surface area contributed by atoms with Crippen molar-refractivity contribution in [1.29, 1.82) is 0 Å². The van der Waals surface area contributed by atoms with E-state index in [2.05, 4.69) is 15.7 Å². The Morgan fingerprint density at radius 2 is 2.09 bits per heavy atom. The second-order valence-electron chi connectivity index (χ2n) is 5.92. The van der Waals surface area contributed by atoms with Crippen molar-refractivity contribution >= 4 is 29.4 Å². The first-order valence-corrected chi connectivity index (χ1v) is 8.89. The lowest BCUT2D eigenvalue weighted by atomic mass is 10.1.